The average Bonchev–Trinajstić information content (AvgIpc) is 3.26. The first kappa shape index (κ1) is 75.7. The maximum Gasteiger partial charge on any atom is -0.0155 e. The Balaban J connectivity index is -0.000000119. The van der Waals surface area contributed by atoms with Gasteiger partial charge >= 0.3 is 0 Å². The molecular weight excluding hydrogens is 781 g/mol. The molecule has 5 aromatic carbocycles. The third kappa shape index (κ3) is 69.6. The zero-order valence-corrected chi connectivity index (χ0v) is 47.5. The first-order chi connectivity index (χ1) is 30.1. The highest BCUT2D eigenvalue weighted by Gasteiger charge is 1.96. The molecule has 0 atom stereocenters. The summed E-state index contributed by atoms with van der Waals surface area (Å²) in [4.78, 5) is 0. The van der Waals surface area contributed by atoms with Crippen molar-refractivity contribution in [3.63, 3.8) is 0 Å². The SMILES string of the molecule is C.CC.CC(C)(C)C.CC(C)C.CCC.CCC(C)C.CCC(C)C.CCCC.CCCCC.Cc1ccc(-c2ccccc2)cc1.Cc1cccc2ccccc12.Cc1ccccc1. The lowest BCUT2D eigenvalue weighted by molar-refractivity contribution is 0.469. The molecule has 0 aliphatic carbocycles. The molecule has 0 amide bonds. The molecule has 0 heterocycles. The Morgan fingerprint density at radius 1 is 0.400 bits per heavy atom. The molecule has 0 radical (unpaired) electrons. The Labute approximate surface area is 412 Å². The van der Waals surface area contributed by atoms with Crippen molar-refractivity contribution in [2.75, 3.05) is 0 Å². The summed E-state index contributed by atoms with van der Waals surface area (Å²) in [6.45, 7) is 51.9. The van der Waals surface area contributed by atoms with Gasteiger partial charge < -0.3 is 0 Å². The Morgan fingerprint density at radius 3 is 0.969 bits per heavy atom. The highest BCUT2D eigenvalue weighted by molar-refractivity contribution is 5.85. The smallest absolute Gasteiger partial charge is 0.0155 e. The Hall–Kier alpha value is -3.64. The van der Waals surface area contributed by atoms with E-state index in [1.54, 1.807) is 0 Å². The number of aryl methyl sites for hydroxylation is 3. The van der Waals surface area contributed by atoms with Crippen LogP contribution in [0.25, 0.3) is 21.9 Å². The van der Waals surface area contributed by atoms with Gasteiger partial charge in [0.1, 0.15) is 0 Å². The molecule has 0 aliphatic heterocycles. The topological polar surface area (TPSA) is 0 Å². The average molecular weight is 898 g/mol. The molecule has 65 heavy (non-hydrogen) atoms. The van der Waals surface area contributed by atoms with Crippen LogP contribution in [0, 0.1) is 43.9 Å². The van der Waals surface area contributed by atoms with Crippen molar-refractivity contribution < 1.29 is 0 Å². The second kappa shape index (κ2) is 56.5. The minimum Gasteiger partial charge on any atom is -0.0776 e. The number of hydrogen-bond acceptors (Lipinski definition) is 0. The van der Waals surface area contributed by atoms with Gasteiger partial charge in [-0.1, -0.05) is 343 Å². The molecule has 5 rings (SSSR count). The van der Waals surface area contributed by atoms with Crippen molar-refractivity contribution >= 4 is 10.8 Å². The van der Waals surface area contributed by atoms with Crippen molar-refractivity contribution in [2.24, 2.45) is 23.2 Å². The van der Waals surface area contributed by atoms with Gasteiger partial charge in [0.25, 0.3) is 0 Å². The van der Waals surface area contributed by atoms with Gasteiger partial charge in [-0.25, -0.2) is 0 Å². The van der Waals surface area contributed by atoms with Gasteiger partial charge in [-0.05, 0) is 71.4 Å². The van der Waals surface area contributed by atoms with Crippen molar-refractivity contribution in [3.05, 3.63) is 144 Å². The lowest BCUT2D eigenvalue weighted by Crippen LogP contribution is -1.93. The zero-order valence-electron chi connectivity index (χ0n) is 47.5. The van der Waals surface area contributed by atoms with Crippen LogP contribution in [-0.4, -0.2) is 0 Å². The van der Waals surface area contributed by atoms with Gasteiger partial charge in [0, 0.05) is 0 Å². The lowest BCUT2D eigenvalue weighted by atomic mass is 10.0. The maximum absolute atomic E-state index is 2.22. The van der Waals surface area contributed by atoms with E-state index in [1.165, 1.54) is 90.0 Å². The Bertz CT molecular complexity index is 1510. The van der Waals surface area contributed by atoms with Gasteiger partial charge in [-0.3, -0.25) is 0 Å². The van der Waals surface area contributed by atoms with Crippen LogP contribution in [-0.2, 0) is 0 Å². The van der Waals surface area contributed by atoms with E-state index in [-0.39, 0.29) is 7.43 Å². The van der Waals surface area contributed by atoms with Gasteiger partial charge in [0.2, 0.25) is 0 Å². The Kier molecular flexibility index (Phi) is 65.7. The summed E-state index contributed by atoms with van der Waals surface area (Å²) in [5, 5.41) is 2.68. The van der Waals surface area contributed by atoms with Crippen LogP contribution in [0.5, 0.6) is 0 Å². The molecule has 0 heteroatoms. The van der Waals surface area contributed by atoms with Crippen LogP contribution in [0.4, 0.5) is 0 Å². The standard InChI is InChI=1S/C13H12.C11H10.C7H8.4C5H12.2C4H10.C3H8.C2H6.CH4/c1-11-7-9-13(10-8-11)12-5-3-2-4-6-12;1-9-5-4-7-10-6-2-3-8-11(9)10;1-7-5-3-2-4-6-7;1-5(2,3)4;2*1-4-5(2)3;1-3-5-4-2;1-4(2)3;1-3-4-2;1-3-2;1-2;/h2-10H,1H3;2-8H,1H3;2-6H,1H3;1-4H3;2*5H,4H2,1-3H3;3-5H2,1-2H3;4H,1-3H3;3-4H2,1-2H3;3H2,1-2H3;1-2H3;1H4. The molecule has 0 aromatic heterocycles. The highest BCUT2D eigenvalue weighted by Crippen LogP contribution is 2.19. The molecule has 0 spiro atoms. The van der Waals surface area contributed by atoms with Gasteiger partial charge in [-0.15, -0.1) is 0 Å². The fraction of sp³-hybridized carbons (Fsp3) is 0.569. The molecule has 0 aliphatic rings. The number of hydrogen-bond donors (Lipinski definition) is 0. The predicted octanol–water partition coefficient (Wildman–Crippen LogP) is 23.7. The molecule has 0 nitrogen and oxygen atoms in total. The Morgan fingerprint density at radius 2 is 0.692 bits per heavy atom. The van der Waals surface area contributed by atoms with Crippen LogP contribution in [0.15, 0.2) is 127 Å². The summed E-state index contributed by atoms with van der Waals surface area (Å²) >= 11 is 0. The van der Waals surface area contributed by atoms with Crippen molar-refractivity contribution in [1.82, 2.24) is 0 Å². The number of unbranched alkanes of at least 4 members (excludes halogenated alkanes) is 3. The first-order valence-corrected chi connectivity index (χ1v) is 25.7. The quantitative estimate of drug-likeness (QED) is 0.159. The van der Waals surface area contributed by atoms with E-state index in [9.17, 15) is 0 Å². The van der Waals surface area contributed by atoms with E-state index in [1.807, 2.05) is 38.1 Å². The number of benzene rings is 5. The third-order valence-corrected chi connectivity index (χ3v) is 7.95. The van der Waals surface area contributed by atoms with Gasteiger partial charge in [0.05, 0.1) is 0 Å². The molecule has 0 N–H and O–H groups in total. The molecule has 0 fully saturated rings. The predicted molar refractivity (Wildman–Crippen MR) is 312 cm³/mol. The normalized spacial score (nSPS) is 9.09. The van der Waals surface area contributed by atoms with Crippen molar-refractivity contribution in [2.45, 2.75) is 225 Å². The molecular formula is C65H116. The second-order valence-electron chi connectivity index (χ2n) is 19.1. The second-order valence-corrected chi connectivity index (χ2v) is 19.1. The molecule has 5 aromatic rings. The fourth-order valence-corrected chi connectivity index (χ4v) is 3.65. The highest BCUT2D eigenvalue weighted by atomic mass is 14.0. The maximum atomic E-state index is 2.22. The van der Waals surface area contributed by atoms with Crippen molar-refractivity contribution in [1.29, 1.82) is 0 Å². The number of fused-ring (bicyclic) bond motifs is 1. The summed E-state index contributed by atoms with van der Waals surface area (Å²) in [7, 11) is 0. The monoisotopic (exact) mass is 897 g/mol. The molecule has 376 valence electrons. The van der Waals surface area contributed by atoms with Crippen LogP contribution in [0.2, 0.25) is 0 Å². The summed E-state index contributed by atoms with van der Waals surface area (Å²) in [5.74, 6) is 2.60. The molecule has 0 saturated heterocycles. The van der Waals surface area contributed by atoms with E-state index in [2.05, 4.69) is 255 Å². The van der Waals surface area contributed by atoms with Crippen LogP contribution >= 0.6 is 0 Å². The van der Waals surface area contributed by atoms with E-state index >= 15 is 0 Å². The molecule has 0 saturated carbocycles. The summed E-state index contributed by atoms with van der Waals surface area (Å²) in [6.07, 6.45) is 10.6. The van der Waals surface area contributed by atoms with Crippen molar-refractivity contribution in [3.8, 4) is 11.1 Å². The summed E-state index contributed by atoms with van der Waals surface area (Å²) < 4.78 is 0. The molecule has 0 bridgehead atoms. The minimum absolute atomic E-state index is 0. The summed E-state index contributed by atoms with van der Waals surface area (Å²) in [5.41, 5.74) is 7.04. The van der Waals surface area contributed by atoms with Gasteiger partial charge in [-0.2, -0.15) is 0 Å². The van der Waals surface area contributed by atoms with E-state index in [4.69, 9.17) is 0 Å². The number of rotatable bonds is 6. The zero-order chi connectivity index (χ0) is 50.8. The molecule has 0 unspecified atom stereocenters. The van der Waals surface area contributed by atoms with Crippen LogP contribution in [0.1, 0.15) is 221 Å². The summed E-state index contributed by atoms with van der Waals surface area (Å²) in [6, 6.07) is 44.1. The van der Waals surface area contributed by atoms with Crippen LogP contribution in [0.3, 0.4) is 0 Å². The van der Waals surface area contributed by atoms with E-state index in [0.717, 1.165) is 17.8 Å². The fourth-order valence-electron chi connectivity index (χ4n) is 3.65. The minimum atomic E-state index is 0. The lowest BCUT2D eigenvalue weighted by Gasteiger charge is -2.05. The van der Waals surface area contributed by atoms with E-state index < -0.39 is 0 Å². The first-order valence-electron chi connectivity index (χ1n) is 25.7. The van der Waals surface area contributed by atoms with E-state index in [0.29, 0.717) is 5.41 Å². The van der Waals surface area contributed by atoms with Crippen LogP contribution < -0.4 is 0 Å². The largest absolute Gasteiger partial charge is 0.0776 e. The van der Waals surface area contributed by atoms with Gasteiger partial charge in [0.15, 0.2) is 0 Å². The third-order valence-electron chi connectivity index (χ3n) is 7.95.